The van der Waals surface area contributed by atoms with Gasteiger partial charge in [-0.1, -0.05) is 30.4 Å². The third-order valence-corrected chi connectivity index (χ3v) is 3.60. The normalized spacial score (nSPS) is 32.9. The topological polar surface area (TPSA) is 9.23 Å². The lowest BCUT2D eigenvalue weighted by Crippen LogP contribution is -2.45. The van der Waals surface area contributed by atoms with Gasteiger partial charge in [-0.3, -0.25) is 0 Å². The van der Waals surface area contributed by atoms with E-state index in [2.05, 4.69) is 12.2 Å². The molecule has 0 heterocycles. The smallest absolute Gasteiger partial charge is 0.119 e. The van der Waals surface area contributed by atoms with E-state index < -0.39 is 0 Å². The highest BCUT2D eigenvalue weighted by Gasteiger charge is 2.41. The average Bonchev–Trinajstić information content (AvgIpc) is 2.27. The van der Waals surface area contributed by atoms with Crippen LogP contribution in [0, 0.1) is 11.8 Å². The lowest BCUT2D eigenvalue weighted by atomic mass is 9.66. The van der Waals surface area contributed by atoms with Crippen LogP contribution in [0.5, 0.6) is 5.75 Å². The summed E-state index contributed by atoms with van der Waals surface area (Å²) in [6, 6.07) is 10.2. The first-order valence-electron chi connectivity index (χ1n) is 5.82. The highest BCUT2D eigenvalue weighted by molar-refractivity contribution is 5.22. The molecule has 2 aliphatic rings. The largest absolute Gasteiger partial charge is 0.490 e. The molecule has 1 aromatic rings. The molecular formula is C14H16O. The standard InChI is InChI=1S/C14H16O/c1-2-7-12(8-3-1)15-14-10-11-6-4-5-9-13(11)14/h1-3,5,7-9,11,13-14H,4,6,10H2/t11-,13-,14?/m1/s1. The Kier molecular flexibility index (Phi) is 2.24. The first-order chi connectivity index (χ1) is 7.43. The van der Waals surface area contributed by atoms with E-state index in [1.807, 2.05) is 30.3 Å². The molecule has 1 unspecified atom stereocenters. The van der Waals surface area contributed by atoms with Crippen molar-refractivity contribution >= 4 is 0 Å². The number of hydrogen-bond acceptors (Lipinski definition) is 1. The number of allylic oxidation sites excluding steroid dienone is 1. The summed E-state index contributed by atoms with van der Waals surface area (Å²) in [6.07, 6.45) is 8.94. The number of ether oxygens (including phenoxy) is 1. The predicted molar refractivity (Wildman–Crippen MR) is 60.8 cm³/mol. The minimum atomic E-state index is 0.425. The van der Waals surface area contributed by atoms with Crippen LogP contribution in [-0.4, -0.2) is 6.10 Å². The SMILES string of the molecule is C1=C[C@H]2C(Oc3ccccc3)C[C@H]2CC1. The number of hydrogen-bond donors (Lipinski definition) is 0. The summed E-state index contributed by atoms with van der Waals surface area (Å²) in [5, 5.41) is 0. The van der Waals surface area contributed by atoms with E-state index >= 15 is 0 Å². The van der Waals surface area contributed by atoms with E-state index in [1.54, 1.807) is 0 Å². The van der Waals surface area contributed by atoms with Gasteiger partial charge in [-0.05, 0) is 37.3 Å². The maximum atomic E-state index is 5.97. The number of para-hydroxylation sites is 1. The summed E-state index contributed by atoms with van der Waals surface area (Å²) in [4.78, 5) is 0. The van der Waals surface area contributed by atoms with Crippen LogP contribution in [0.3, 0.4) is 0 Å². The average molecular weight is 200 g/mol. The Bertz CT molecular complexity index is 355. The van der Waals surface area contributed by atoms with Crippen LogP contribution in [0.4, 0.5) is 0 Å². The maximum absolute atomic E-state index is 5.97. The molecule has 0 saturated heterocycles. The third-order valence-electron chi connectivity index (χ3n) is 3.60. The summed E-state index contributed by atoms with van der Waals surface area (Å²) < 4.78 is 5.97. The molecule has 0 bridgehead atoms. The molecule has 1 heteroatoms. The van der Waals surface area contributed by atoms with E-state index in [4.69, 9.17) is 4.74 Å². The van der Waals surface area contributed by atoms with Crippen molar-refractivity contribution < 1.29 is 4.74 Å². The van der Waals surface area contributed by atoms with Crippen molar-refractivity contribution in [3.05, 3.63) is 42.5 Å². The van der Waals surface area contributed by atoms with Crippen molar-refractivity contribution in [2.24, 2.45) is 11.8 Å². The van der Waals surface area contributed by atoms with Gasteiger partial charge in [0.2, 0.25) is 0 Å². The molecule has 1 fully saturated rings. The molecule has 78 valence electrons. The van der Waals surface area contributed by atoms with Crippen molar-refractivity contribution in [1.82, 2.24) is 0 Å². The van der Waals surface area contributed by atoms with Crippen LogP contribution in [0.1, 0.15) is 19.3 Å². The number of rotatable bonds is 2. The Labute approximate surface area is 90.8 Å². The quantitative estimate of drug-likeness (QED) is 0.665. The molecule has 2 aliphatic carbocycles. The maximum Gasteiger partial charge on any atom is 0.119 e. The van der Waals surface area contributed by atoms with Crippen molar-refractivity contribution in [1.29, 1.82) is 0 Å². The molecule has 1 nitrogen and oxygen atoms in total. The zero-order valence-electron chi connectivity index (χ0n) is 8.80. The van der Waals surface area contributed by atoms with Crippen LogP contribution in [0.2, 0.25) is 0 Å². The van der Waals surface area contributed by atoms with E-state index in [-0.39, 0.29) is 0 Å². The summed E-state index contributed by atoms with van der Waals surface area (Å²) in [6.45, 7) is 0. The van der Waals surface area contributed by atoms with Crippen LogP contribution >= 0.6 is 0 Å². The van der Waals surface area contributed by atoms with Crippen LogP contribution in [0.15, 0.2) is 42.5 Å². The molecule has 0 aliphatic heterocycles. The Balaban J connectivity index is 1.66. The lowest BCUT2D eigenvalue weighted by molar-refractivity contribution is 0.00600. The van der Waals surface area contributed by atoms with Crippen LogP contribution in [0.25, 0.3) is 0 Å². The zero-order valence-corrected chi connectivity index (χ0v) is 8.80. The highest BCUT2D eigenvalue weighted by Crippen LogP contribution is 2.43. The van der Waals surface area contributed by atoms with Gasteiger partial charge >= 0.3 is 0 Å². The minimum absolute atomic E-state index is 0.425. The van der Waals surface area contributed by atoms with Crippen molar-refractivity contribution in [2.75, 3.05) is 0 Å². The molecular weight excluding hydrogens is 184 g/mol. The monoisotopic (exact) mass is 200 g/mol. The van der Waals surface area contributed by atoms with Gasteiger partial charge < -0.3 is 4.74 Å². The molecule has 0 N–H and O–H groups in total. The first-order valence-corrected chi connectivity index (χ1v) is 5.82. The fourth-order valence-electron chi connectivity index (χ4n) is 2.68. The summed E-state index contributed by atoms with van der Waals surface area (Å²) >= 11 is 0. The Hall–Kier alpha value is -1.24. The van der Waals surface area contributed by atoms with Gasteiger partial charge in [-0.25, -0.2) is 0 Å². The second-order valence-corrected chi connectivity index (χ2v) is 4.55. The molecule has 3 atom stereocenters. The van der Waals surface area contributed by atoms with Gasteiger partial charge in [0.1, 0.15) is 11.9 Å². The van der Waals surface area contributed by atoms with Gasteiger partial charge in [0.05, 0.1) is 0 Å². The number of benzene rings is 1. The van der Waals surface area contributed by atoms with E-state index in [0.717, 1.165) is 11.7 Å². The zero-order chi connectivity index (χ0) is 10.1. The van der Waals surface area contributed by atoms with E-state index in [0.29, 0.717) is 12.0 Å². The van der Waals surface area contributed by atoms with E-state index in [1.165, 1.54) is 19.3 Å². The number of fused-ring (bicyclic) bond motifs is 1. The van der Waals surface area contributed by atoms with Crippen LogP contribution < -0.4 is 4.74 Å². The Morgan fingerprint density at radius 3 is 2.80 bits per heavy atom. The summed E-state index contributed by atoms with van der Waals surface area (Å²) in [5.41, 5.74) is 0. The molecule has 3 rings (SSSR count). The van der Waals surface area contributed by atoms with Crippen molar-refractivity contribution in [2.45, 2.75) is 25.4 Å². The van der Waals surface area contributed by atoms with Crippen molar-refractivity contribution in [3.8, 4) is 5.75 Å². The molecule has 0 amide bonds. The molecule has 0 spiro atoms. The van der Waals surface area contributed by atoms with Gasteiger partial charge in [-0.2, -0.15) is 0 Å². The van der Waals surface area contributed by atoms with Crippen molar-refractivity contribution in [3.63, 3.8) is 0 Å². The van der Waals surface area contributed by atoms with Gasteiger partial charge in [-0.15, -0.1) is 0 Å². The Morgan fingerprint density at radius 2 is 2.00 bits per heavy atom. The van der Waals surface area contributed by atoms with E-state index in [9.17, 15) is 0 Å². The van der Waals surface area contributed by atoms with Gasteiger partial charge in [0.25, 0.3) is 0 Å². The predicted octanol–water partition coefficient (Wildman–Crippen LogP) is 3.42. The first kappa shape index (κ1) is 9.02. The second-order valence-electron chi connectivity index (χ2n) is 4.55. The fraction of sp³-hybridized carbons (Fsp3) is 0.429. The lowest BCUT2D eigenvalue weighted by Gasteiger charge is -2.44. The molecule has 0 radical (unpaired) electrons. The summed E-state index contributed by atoms with van der Waals surface area (Å²) in [5.74, 6) is 2.59. The summed E-state index contributed by atoms with van der Waals surface area (Å²) in [7, 11) is 0. The van der Waals surface area contributed by atoms with Crippen LogP contribution in [-0.2, 0) is 0 Å². The minimum Gasteiger partial charge on any atom is -0.490 e. The fourth-order valence-corrected chi connectivity index (χ4v) is 2.68. The third kappa shape index (κ3) is 1.67. The highest BCUT2D eigenvalue weighted by atomic mass is 16.5. The second kappa shape index (κ2) is 3.73. The van der Waals surface area contributed by atoms with Gasteiger partial charge in [0, 0.05) is 5.92 Å². The Morgan fingerprint density at radius 1 is 1.13 bits per heavy atom. The molecule has 0 aromatic heterocycles. The molecule has 15 heavy (non-hydrogen) atoms. The molecule has 1 saturated carbocycles. The molecule has 1 aromatic carbocycles. The van der Waals surface area contributed by atoms with Gasteiger partial charge in [0.15, 0.2) is 0 Å².